The zero-order valence-electron chi connectivity index (χ0n) is 23.5. The second-order valence-corrected chi connectivity index (χ2v) is 12.4. The Morgan fingerprint density at radius 2 is 1.14 bits per heavy atom. The largest absolute Gasteiger partial charge is 0.352 e. The first-order chi connectivity index (χ1) is 20.2. The van der Waals surface area contributed by atoms with Crippen molar-refractivity contribution in [2.45, 2.75) is 44.2 Å². The lowest BCUT2D eigenvalue weighted by Gasteiger charge is -2.19. The van der Waals surface area contributed by atoms with E-state index < -0.39 is 10.0 Å². The van der Waals surface area contributed by atoms with Crippen LogP contribution in [0.1, 0.15) is 36.0 Å². The lowest BCUT2D eigenvalue weighted by molar-refractivity contribution is -0.133. The zero-order valence-corrected chi connectivity index (χ0v) is 24.4. The fourth-order valence-corrected chi connectivity index (χ4v) is 6.44. The number of hydrogen-bond donors (Lipinski definition) is 3. The predicted molar refractivity (Wildman–Crippen MR) is 164 cm³/mol. The number of sulfonamides is 1. The molecule has 42 heavy (non-hydrogen) atoms. The number of amides is 2. The fraction of sp³-hybridized carbons (Fsp3) is 0.235. The maximum atomic E-state index is 13.1. The highest BCUT2D eigenvalue weighted by Crippen LogP contribution is 2.32. The normalized spacial score (nSPS) is 16.6. The summed E-state index contributed by atoms with van der Waals surface area (Å²) in [4.78, 5) is 26.2. The number of rotatable bonds is 9. The molecule has 0 bridgehead atoms. The molecule has 1 saturated carbocycles. The first-order valence-corrected chi connectivity index (χ1v) is 15.7. The van der Waals surface area contributed by atoms with Crippen molar-refractivity contribution in [2.75, 3.05) is 0 Å². The molecule has 2 amide bonds. The van der Waals surface area contributed by atoms with E-state index >= 15 is 0 Å². The van der Waals surface area contributed by atoms with E-state index in [2.05, 4.69) is 41.8 Å². The fourth-order valence-electron chi connectivity index (χ4n) is 5.68. The summed E-state index contributed by atoms with van der Waals surface area (Å²) in [6.07, 6.45) is 2.20. The van der Waals surface area contributed by atoms with E-state index in [1.165, 1.54) is 17.2 Å². The van der Waals surface area contributed by atoms with Gasteiger partial charge in [0.15, 0.2) is 0 Å². The van der Waals surface area contributed by atoms with Crippen LogP contribution in [0.5, 0.6) is 0 Å². The van der Waals surface area contributed by atoms with E-state index in [0.29, 0.717) is 37.1 Å². The molecule has 0 aromatic heterocycles. The van der Waals surface area contributed by atoms with E-state index in [-0.39, 0.29) is 28.5 Å². The number of aryl methyl sites for hydroxylation is 1. The molecule has 0 aliphatic heterocycles. The Labute approximate surface area is 247 Å². The Morgan fingerprint density at radius 1 is 0.690 bits per heavy atom. The topological polar surface area (TPSA) is 118 Å². The Hall–Kier alpha value is -4.27. The van der Waals surface area contributed by atoms with Crippen LogP contribution in [0.4, 0.5) is 0 Å². The molecular weight excluding hydrogens is 546 g/mol. The monoisotopic (exact) mass is 581 g/mol. The number of hydrogen-bond acceptors (Lipinski definition) is 4. The molecule has 0 saturated heterocycles. The molecule has 1 aliphatic carbocycles. The highest BCUT2D eigenvalue weighted by Gasteiger charge is 2.37. The summed E-state index contributed by atoms with van der Waals surface area (Å²) < 4.78 is 23.9. The summed E-state index contributed by atoms with van der Waals surface area (Å²) in [6, 6.07) is 30.3. The van der Waals surface area contributed by atoms with Gasteiger partial charge >= 0.3 is 0 Å². The van der Waals surface area contributed by atoms with Crippen molar-refractivity contribution in [3.63, 3.8) is 0 Å². The van der Waals surface area contributed by atoms with Gasteiger partial charge in [0.1, 0.15) is 0 Å². The summed E-state index contributed by atoms with van der Waals surface area (Å²) in [5, 5.41) is 11.4. The molecule has 4 aromatic rings. The molecule has 4 N–H and O–H groups in total. The summed E-state index contributed by atoms with van der Waals surface area (Å²) in [6.45, 7) is 2.82. The van der Waals surface area contributed by atoms with Gasteiger partial charge in [-0.25, -0.2) is 13.6 Å². The van der Waals surface area contributed by atoms with Crippen molar-refractivity contribution < 1.29 is 18.0 Å². The number of carbonyl (C=O) groups excluding carboxylic acids is 2. The van der Waals surface area contributed by atoms with Crippen LogP contribution >= 0.6 is 0 Å². The Bertz CT molecular complexity index is 1680. The smallest absolute Gasteiger partial charge is 0.238 e. The second-order valence-electron chi connectivity index (χ2n) is 10.8. The predicted octanol–water partition coefficient (Wildman–Crippen LogP) is 5.33. The third-order valence-corrected chi connectivity index (χ3v) is 8.96. The van der Waals surface area contributed by atoms with Crippen LogP contribution in [0.25, 0.3) is 22.3 Å². The van der Waals surface area contributed by atoms with Gasteiger partial charge in [0.25, 0.3) is 0 Å². The van der Waals surface area contributed by atoms with Gasteiger partial charge in [-0.3, -0.25) is 9.59 Å². The molecule has 0 spiro atoms. The average Bonchev–Trinajstić information content (AvgIpc) is 3.50. The minimum absolute atomic E-state index is 0.0656. The van der Waals surface area contributed by atoms with Gasteiger partial charge in [0.05, 0.1) is 4.90 Å². The highest BCUT2D eigenvalue weighted by molar-refractivity contribution is 7.89. The number of carbonyl (C=O) groups is 2. The molecule has 8 heteroatoms. The minimum atomic E-state index is -3.86. The summed E-state index contributed by atoms with van der Waals surface area (Å²) in [7, 11) is -3.86. The highest BCUT2D eigenvalue weighted by atomic mass is 32.2. The SMILES string of the molecule is Cc1ccccc1-c1ccc(CNC(=O)C2CCCC2C(=O)NCc2ccc(-c3ccccc3S(N)(=O)=O)cc2)cc1. The van der Waals surface area contributed by atoms with Gasteiger partial charge in [-0.2, -0.15) is 0 Å². The van der Waals surface area contributed by atoms with Crippen LogP contribution in [0.15, 0.2) is 102 Å². The van der Waals surface area contributed by atoms with Gasteiger partial charge in [-0.1, -0.05) is 97.4 Å². The molecule has 216 valence electrons. The third kappa shape index (κ3) is 6.78. The van der Waals surface area contributed by atoms with Gasteiger partial charge < -0.3 is 10.6 Å². The molecule has 0 heterocycles. The first-order valence-electron chi connectivity index (χ1n) is 14.1. The molecule has 2 atom stereocenters. The summed E-state index contributed by atoms with van der Waals surface area (Å²) >= 11 is 0. The number of benzene rings is 4. The van der Waals surface area contributed by atoms with Crippen LogP contribution < -0.4 is 15.8 Å². The van der Waals surface area contributed by atoms with E-state index in [1.54, 1.807) is 18.2 Å². The van der Waals surface area contributed by atoms with E-state index in [1.807, 2.05) is 48.5 Å². The summed E-state index contributed by atoms with van der Waals surface area (Å²) in [5.41, 5.74) is 6.66. The van der Waals surface area contributed by atoms with Crippen LogP contribution in [0.2, 0.25) is 0 Å². The van der Waals surface area contributed by atoms with Crippen molar-refractivity contribution >= 4 is 21.8 Å². The van der Waals surface area contributed by atoms with Crippen molar-refractivity contribution in [2.24, 2.45) is 17.0 Å². The standard InChI is InChI=1S/C34H35N3O4S/c1-23-7-2-3-8-28(23)26-17-13-24(14-18-26)21-36-33(38)30-10-6-11-31(30)34(39)37-22-25-15-19-27(20-16-25)29-9-4-5-12-32(29)42(35,40)41/h2-5,7-9,12-20,30-31H,6,10-11,21-22H2,1H3,(H,36,38)(H,37,39)(H2,35,40,41). The molecular formula is C34H35N3O4S. The lowest BCUT2D eigenvalue weighted by Crippen LogP contribution is -2.39. The minimum Gasteiger partial charge on any atom is -0.352 e. The molecule has 7 nitrogen and oxygen atoms in total. The number of nitrogens with two attached hydrogens (primary N) is 1. The molecule has 2 unspecified atom stereocenters. The van der Waals surface area contributed by atoms with Crippen molar-refractivity contribution in [3.05, 3.63) is 114 Å². The van der Waals surface area contributed by atoms with E-state index in [9.17, 15) is 18.0 Å². The average molecular weight is 582 g/mol. The quantitative estimate of drug-likeness (QED) is 0.248. The Balaban J connectivity index is 1.15. The van der Waals surface area contributed by atoms with Crippen LogP contribution in [0, 0.1) is 18.8 Å². The number of primary sulfonamides is 1. The van der Waals surface area contributed by atoms with Crippen LogP contribution in [-0.2, 0) is 32.7 Å². The number of nitrogens with one attached hydrogen (secondary N) is 2. The molecule has 1 aliphatic rings. The van der Waals surface area contributed by atoms with Crippen LogP contribution in [0.3, 0.4) is 0 Å². The summed E-state index contributed by atoms with van der Waals surface area (Å²) in [5.74, 6) is -0.935. The second kappa shape index (κ2) is 12.7. The molecule has 0 radical (unpaired) electrons. The maximum Gasteiger partial charge on any atom is 0.238 e. The van der Waals surface area contributed by atoms with E-state index in [4.69, 9.17) is 5.14 Å². The first kappa shape index (κ1) is 29.2. The zero-order chi connectivity index (χ0) is 29.7. The van der Waals surface area contributed by atoms with Gasteiger partial charge in [-0.05, 0) is 59.2 Å². The molecule has 5 rings (SSSR count). The molecule has 4 aromatic carbocycles. The van der Waals surface area contributed by atoms with Gasteiger partial charge in [-0.15, -0.1) is 0 Å². The molecule has 1 fully saturated rings. The van der Waals surface area contributed by atoms with Gasteiger partial charge in [0.2, 0.25) is 21.8 Å². The Morgan fingerprint density at radius 3 is 1.64 bits per heavy atom. The van der Waals surface area contributed by atoms with Gasteiger partial charge in [0, 0.05) is 30.5 Å². The van der Waals surface area contributed by atoms with Crippen molar-refractivity contribution in [3.8, 4) is 22.3 Å². The Kier molecular flexibility index (Phi) is 8.85. The lowest BCUT2D eigenvalue weighted by atomic mass is 9.94. The maximum absolute atomic E-state index is 13.1. The van der Waals surface area contributed by atoms with Crippen LogP contribution in [-0.4, -0.2) is 20.2 Å². The van der Waals surface area contributed by atoms with Crippen molar-refractivity contribution in [1.29, 1.82) is 0 Å². The van der Waals surface area contributed by atoms with E-state index in [0.717, 1.165) is 23.1 Å². The third-order valence-electron chi connectivity index (χ3n) is 7.99. The van der Waals surface area contributed by atoms with Crippen molar-refractivity contribution in [1.82, 2.24) is 10.6 Å².